The molecule has 2 aliphatic heterocycles. The number of nitrogens with zero attached hydrogens (tertiary/aromatic N) is 2. The van der Waals surface area contributed by atoms with Gasteiger partial charge in [0.15, 0.2) is 0 Å². The molecule has 0 atom stereocenters. The molecule has 186 valence electrons. The summed E-state index contributed by atoms with van der Waals surface area (Å²) in [6.45, 7) is 12.9. The lowest BCUT2D eigenvalue weighted by Gasteiger charge is -2.28. The molecule has 6 nitrogen and oxygen atoms in total. The Bertz CT molecular complexity index is 1460. The van der Waals surface area contributed by atoms with Crippen LogP contribution in [0.2, 0.25) is 0 Å². The zero-order valence-electron chi connectivity index (χ0n) is 21.6. The summed E-state index contributed by atoms with van der Waals surface area (Å²) in [5.41, 5.74) is 7.74. The monoisotopic (exact) mass is 482 g/mol. The number of nitrogens with one attached hydrogen (secondary N) is 2. The van der Waals surface area contributed by atoms with E-state index in [0.717, 1.165) is 80.8 Å². The lowest BCUT2D eigenvalue weighted by atomic mass is 9.89. The summed E-state index contributed by atoms with van der Waals surface area (Å²) in [5.74, 6) is 0.843. The summed E-state index contributed by atoms with van der Waals surface area (Å²) in [6, 6.07) is 16.4. The van der Waals surface area contributed by atoms with Gasteiger partial charge in [-0.2, -0.15) is 0 Å². The Balaban J connectivity index is 1.83. The Morgan fingerprint density at radius 2 is 1.81 bits per heavy atom. The van der Waals surface area contributed by atoms with Crippen LogP contribution in [-0.4, -0.2) is 50.1 Å². The fourth-order valence-corrected chi connectivity index (χ4v) is 5.13. The topological polar surface area (TPSA) is 69.9 Å². The van der Waals surface area contributed by atoms with E-state index < -0.39 is 0 Å². The van der Waals surface area contributed by atoms with E-state index in [-0.39, 0.29) is 5.91 Å². The SMILES string of the molecule is CCN=c1cc2oc3cc(NCC)c(C)cc3c(-c3ccccc3C(=O)N3CCNCC3)c-2cc1C. The number of piperazine rings is 1. The minimum Gasteiger partial charge on any atom is -0.456 e. The molecule has 5 rings (SSSR count). The first-order valence-corrected chi connectivity index (χ1v) is 12.9. The fourth-order valence-electron chi connectivity index (χ4n) is 5.13. The lowest BCUT2D eigenvalue weighted by Crippen LogP contribution is -2.46. The Kier molecular flexibility index (Phi) is 6.79. The summed E-state index contributed by atoms with van der Waals surface area (Å²) in [7, 11) is 0. The van der Waals surface area contributed by atoms with Gasteiger partial charge in [-0.25, -0.2) is 0 Å². The van der Waals surface area contributed by atoms with Crippen molar-refractivity contribution in [2.45, 2.75) is 27.7 Å². The predicted molar refractivity (Wildman–Crippen MR) is 147 cm³/mol. The first-order valence-electron chi connectivity index (χ1n) is 12.9. The first kappa shape index (κ1) is 24.1. The van der Waals surface area contributed by atoms with Crippen LogP contribution in [-0.2, 0) is 0 Å². The van der Waals surface area contributed by atoms with Crippen LogP contribution < -0.4 is 16.0 Å². The average molecular weight is 483 g/mol. The summed E-state index contributed by atoms with van der Waals surface area (Å²) in [6.07, 6.45) is 0. The highest BCUT2D eigenvalue weighted by molar-refractivity contribution is 6.09. The standard InChI is InChI=1S/C30H34N4O2/c1-5-32-25-17-27-23(15-19(25)3)29(24-16-20(4)26(33-6-2)18-28(24)36-27)21-9-7-8-10-22(21)30(35)34-13-11-31-12-14-34/h7-10,15-18,31-32H,5-6,11-14H2,1-4H3. The third-order valence-corrected chi connectivity index (χ3v) is 6.91. The van der Waals surface area contributed by atoms with E-state index in [9.17, 15) is 4.79 Å². The number of rotatable bonds is 5. The first-order chi connectivity index (χ1) is 17.5. The second kappa shape index (κ2) is 10.2. The van der Waals surface area contributed by atoms with Crippen molar-refractivity contribution in [3.8, 4) is 22.5 Å². The molecular formula is C30H34N4O2. The third kappa shape index (κ3) is 4.37. The van der Waals surface area contributed by atoms with Gasteiger partial charge in [-0.15, -0.1) is 0 Å². The van der Waals surface area contributed by atoms with Crippen LogP contribution in [0.3, 0.4) is 0 Å². The summed E-state index contributed by atoms with van der Waals surface area (Å²) in [4.78, 5) is 20.3. The predicted octanol–water partition coefficient (Wildman–Crippen LogP) is 5.22. The molecule has 1 saturated heterocycles. The van der Waals surface area contributed by atoms with Crippen molar-refractivity contribution in [3.05, 3.63) is 70.6 Å². The quantitative estimate of drug-likeness (QED) is 0.383. The van der Waals surface area contributed by atoms with Crippen molar-refractivity contribution >= 4 is 22.6 Å². The molecule has 1 fully saturated rings. The van der Waals surface area contributed by atoms with E-state index in [2.05, 4.69) is 60.7 Å². The van der Waals surface area contributed by atoms with E-state index in [1.165, 1.54) is 0 Å². The average Bonchev–Trinajstić information content (AvgIpc) is 2.89. The van der Waals surface area contributed by atoms with Crippen LogP contribution in [0, 0.1) is 13.8 Å². The van der Waals surface area contributed by atoms with Crippen LogP contribution >= 0.6 is 0 Å². The van der Waals surface area contributed by atoms with E-state index in [4.69, 9.17) is 4.42 Å². The lowest BCUT2D eigenvalue weighted by molar-refractivity contribution is 0.0736. The van der Waals surface area contributed by atoms with Gasteiger partial charge < -0.3 is 20.0 Å². The zero-order chi connectivity index (χ0) is 25.2. The smallest absolute Gasteiger partial charge is 0.254 e. The number of carbonyl (C=O) groups excluding carboxylic acids is 1. The number of hydrogen-bond donors (Lipinski definition) is 2. The zero-order valence-corrected chi connectivity index (χ0v) is 21.6. The number of aryl methyl sites for hydroxylation is 2. The maximum Gasteiger partial charge on any atom is 0.254 e. The second-order valence-electron chi connectivity index (χ2n) is 9.37. The number of hydrogen-bond acceptors (Lipinski definition) is 5. The maximum atomic E-state index is 13.7. The highest BCUT2D eigenvalue weighted by Gasteiger charge is 2.25. The van der Waals surface area contributed by atoms with E-state index in [0.29, 0.717) is 19.6 Å². The van der Waals surface area contributed by atoms with Gasteiger partial charge in [-0.1, -0.05) is 18.2 Å². The molecule has 3 aliphatic rings. The number of anilines is 1. The van der Waals surface area contributed by atoms with Gasteiger partial charge in [0.2, 0.25) is 0 Å². The fraction of sp³-hybridized carbons (Fsp3) is 0.333. The molecular weight excluding hydrogens is 448 g/mol. The van der Waals surface area contributed by atoms with Gasteiger partial charge in [-0.3, -0.25) is 9.79 Å². The molecule has 1 amide bonds. The molecule has 2 heterocycles. The Morgan fingerprint density at radius 1 is 1.03 bits per heavy atom. The van der Waals surface area contributed by atoms with Crippen LogP contribution in [0.5, 0.6) is 0 Å². The molecule has 0 spiro atoms. The van der Waals surface area contributed by atoms with E-state index in [1.807, 2.05) is 36.1 Å². The van der Waals surface area contributed by atoms with Crippen LogP contribution in [0.25, 0.3) is 33.4 Å². The summed E-state index contributed by atoms with van der Waals surface area (Å²) >= 11 is 0. The van der Waals surface area contributed by atoms with Crippen molar-refractivity contribution < 1.29 is 9.21 Å². The number of amides is 1. The van der Waals surface area contributed by atoms with Gasteiger partial charge in [-0.05, 0) is 62.6 Å². The van der Waals surface area contributed by atoms with Crippen molar-refractivity contribution in [2.75, 3.05) is 44.6 Å². The molecule has 0 saturated carbocycles. The van der Waals surface area contributed by atoms with E-state index in [1.54, 1.807) is 0 Å². The molecule has 2 aromatic rings. The van der Waals surface area contributed by atoms with Crippen molar-refractivity contribution in [1.82, 2.24) is 10.2 Å². The molecule has 36 heavy (non-hydrogen) atoms. The van der Waals surface area contributed by atoms with Crippen LogP contribution in [0.1, 0.15) is 35.3 Å². The van der Waals surface area contributed by atoms with Gasteiger partial charge in [0.1, 0.15) is 11.3 Å². The van der Waals surface area contributed by atoms with Crippen LogP contribution in [0.15, 0.2) is 57.9 Å². The molecule has 2 N–H and O–H groups in total. The molecule has 1 aliphatic carbocycles. The van der Waals surface area contributed by atoms with Crippen molar-refractivity contribution in [2.24, 2.45) is 4.99 Å². The minimum atomic E-state index is 0.0736. The number of benzene rings is 3. The van der Waals surface area contributed by atoms with Gasteiger partial charge in [0.05, 0.1) is 5.36 Å². The highest BCUT2D eigenvalue weighted by Crippen LogP contribution is 2.43. The van der Waals surface area contributed by atoms with Crippen LogP contribution in [0.4, 0.5) is 5.69 Å². The minimum absolute atomic E-state index is 0.0736. The van der Waals surface area contributed by atoms with Gasteiger partial charge >= 0.3 is 0 Å². The highest BCUT2D eigenvalue weighted by atomic mass is 16.3. The number of fused-ring (bicyclic) bond motifs is 2. The number of carbonyl (C=O) groups is 1. The Hall–Kier alpha value is -3.64. The summed E-state index contributed by atoms with van der Waals surface area (Å²) < 4.78 is 6.51. The molecule has 0 unspecified atom stereocenters. The molecule has 0 radical (unpaired) electrons. The Morgan fingerprint density at radius 3 is 2.56 bits per heavy atom. The van der Waals surface area contributed by atoms with Gasteiger partial charge in [0.25, 0.3) is 5.91 Å². The molecule has 0 bridgehead atoms. The molecule has 0 aromatic heterocycles. The summed E-state index contributed by atoms with van der Waals surface area (Å²) in [5, 5.41) is 8.72. The van der Waals surface area contributed by atoms with E-state index >= 15 is 0 Å². The largest absolute Gasteiger partial charge is 0.456 e. The second-order valence-corrected chi connectivity index (χ2v) is 9.37. The normalized spacial score (nSPS) is 14.6. The van der Waals surface area contributed by atoms with Crippen molar-refractivity contribution in [1.29, 1.82) is 0 Å². The van der Waals surface area contributed by atoms with Gasteiger partial charge in [0, 0.05) is 79.2 Å². The van der Waals surface area contributed by atoms with Crippen molar-refractivity contribution in [3.63, 3.8) is 0 Å². The molecule has 6 heteroatoms. The molecule has 2 aromatic carbocycles. The third-order valence-electron chi connectivity index (χ3n) is 6.91. The maximum absolute atomic E-state index is 13.7. The Labute approximate surface area is 212 Å².